The van der Waals surface area contributed by atoms with Gasteiger partial charge in [0.25, 0.3) is 0 Å². The van der Waals surface area contributed by atoms with Crippen LogP contribution in [0.4, 0.5) is 0 Å². The summed E-state index contributed by atoms with van der Waals surface area (Å²) in [6.07, 6.45) is 10.6. The summed E-state index contributed by atoms with van der Waals surface area (Å²) in [7, 11) is 0. The van der Waals surface area contributed by atoms with Crippen LogP contribution in [-0.2, 0) is 0 Å². The van der Waals surface area contributed by atoms with Gasteiger partial charge in [0.05, 0.1) is 11.5 Å². The Hall–Kier alpha value is -0.510. The summed E-state index contributed by atoms with van der Waals surface area (Å²) in [5, 5.41) is 9.22. The van der Waals surface area contributed by atoms with Crippen molar-refractivity contribution in [3.8, 4) is 6.07 Å². The molecule has 0 N–H and O–H groups in total. The Kier molecular flexibility index (Phi) is 2.81. The van der Waals surface area contributed by atoms with E-state index in [0.29, 0.717) is 0 Å². The molecule has 0 aromatic heterocycles. The number of hydrogen-bond donors (Lipinski definition) is 0. The third-order valence-corrected chi connectivity index (χ3v) is 4.11. The van der Waals surface area contributed by atoms with Gasteiger partial charge >= 0.3 is 0 Å². The first-order chi connectivity index (χ1) is 6.73. The van der Waals surface area contributed by atoms with E-state index in [-0.39, 0.29) is 5.41 Å². The zero-order valence-electron chi connectivity index (χ0n) is 9.26. The van der Waals surface area contributed by atoms with Crippen LogP contribution in [0, 0.1) is 28.6 Å². The van der Waals surface area contributed by atoms with Gasteiger partial charge < -0.3 is 0 Å². The quantitative estimate of drug-likeness (QED) is 0.569. The Morgan fingerprint density at radius 1 is 1.14 bits per heavy atom. The fraction of sp³-hybridized carbons (Fsp3) is 0.923. The van der Waals surface area contributed by atoms with Gasteiger partial charge in [0, 0.05) is 0 Å². The van der Waals surface area contributed by atoms with Crippen LogP contribution in [0.2, 0.25) is 0 Å². The Morgan fingerprint density at radius 3 is 2.71 bits per heavy atom. The van der Waals surface area contributed by atoms with Crippen LogP contribution in [0.25, 0.3) is 0 Å². The van der Waals surface area contributed by atoms with Gasteiger partial charge in [-0.15, -0.1) is 0 Å². The molecule has 78 valence electrons. The Morgan fingerprint density at radius 2 is 1.93 bits per heavy atom. The van der Waals surface area contributed by atoms with Crippen LogP contribution >= 0.6 is 0 Å². The summed E-state index contributed by atoms with van der Waals surface area (Å²) in [5.74, 6) is 1.89. The SMILES string of the molecule is CC1(C#N)CCCCCCC2CC2C1. The highest BCUT2D eigenvalue weighted by Crippen LogP contribution is 2.50. The maximum atomic E-state index is 9.22. The normalized spacial score (nSPS) is 43.4. The van der Waals surface area contributed by atoms with E-state index in [1.807, 2.05) is 0 Å². The third kappa shape index (κ3) is 2.29. The number of rotatable bonds is 0. The predicted molar refractivity (Wildman–Crippen MR) is 57.6 cm³/mol. The molecule has 0 bridgehead atoms. The highest BCUT2D eigenvalue weighted by atomic mass is 14.5. The van der Waals surface area contributed by atoms with Crippen LogP contribution in [-0.4, -0.2) is 0 Å². The zero-order chi connectivity index (χ0) is 10.0. The first-order valence-corrected chi connectivity index (χ1v) is 6.15. The Balaban J connectivity index is 1.95. The fourth-order valence-electron chi connectivity index (χ4n) is 2.97. The average molecular weight is 191 g/mol. The van der Waals surface area contributed by atoms with Gasteiger partial charge in [-0.1, -0.05) is 32.1 Å². The molecule has 3 unspecified atom stereocenters. The Bertz CT molecular complexity index is 240. The summed E-state index contributed by atoms with van der Waals surface area (Å²) in [6, 6.07) is 2.55. The highest BCUT2D eigenvalue weighted by Gasteiger charge is 2.41. The van der Waals surface area contributed by atoms with E-state index < -0.39 is 0 Å². The molecule has 2 aliphatic carbocycles. The molecule has 2 rings (SSSR count). The van der Waals surface area contributed by atoms with E-state index in [4.69, 9.17) is 0 Å². The molecule has 2 fully saturated rings. The molecule has 0 saturated heterocycles. The van der Waals surface area contributed by atoms with Crippen LogP contribution < -0.4 is 0 Å². The second-order valence-corrected chi connectivity index (χ2v) is 5.59. The summed E-state index contributed by atoms with van der Waals surface area (Å²) in [5.41, 5.74) is -0.00322. The molecule has 0 aromatic carbocycles. The zero-order valence-corrected chi connectivity index (χ0v) is 9.26. The topological polar surface area (TPSA) is 23.8 Å². The lowest BCUT2D eigenvalue weighted by Gasteiger charge is -2.22. The van der Waals surface area contributed by atoms with Crippen molar-refractivity contribution in [1.29, 1.82) is 5.26 Å². The molecule has 0 radical (unpaired) electrons. The van der Waals surface area contributed by atoms with Gasteiger partial charge in [-0.05, 0) is 38.0 Å². The molecular weight excluding hydrogens is 170 g/mol. The van der Waals surface area contributed by atoms with Crippen molar-refractivity contribution >= 4 is 0 Å². The number of fused-ring (bicyclic) bond motifs is 1. The smallest absolute Gasteiger partial charge is 0.0686 e. The van der Waals surface area contributed by atoms with E-state index in [1.165, 1.54) is 44.9 Å². The maximum absolute atomic E-state index is 9.22. The molecular formula is C13H21N. The monoisotopic (exact) mass is 191 g/mol. The minimum Gasteiger partial charge on any atom is -0.198 e. The number of nitrogens with zero attached hydrogens (tertiary/aromatic N) is 1. The first-order valence-electron chi connectivity index (χ1n) is 6.15. The fourth-order valence-corrected chi connectivity index (χ4v) is 2.97. The minimum atomic E-state index is -0.00322. The molecule has 1 nitrogen and oxygen atoms in total. The summed E-state index contributed by atoms with van der Waals surface area (Å²) in [4.78, 5) is 0. The van der Waals surface area contributed by atoms with E-state index in [2.05, 4.69) is 13.0 Å². The molecule has 0 aromatic rings. The number of nitriles is 1. The van der Waals surface area contributed by atoms with Gasteiger partial charge in [-0.3, -0.25) is 0 Å². The van der Waals surface area contributed by atoms with Gasteiger partial charge in [-0.2, -0.15) is 5.26 Å². The average Bonchev–Trinajstić information content (AvgIpc) is 2.90. The van der Waals surface area contributed by atoms with Crippen molar-refractivity contribution in [2.75, 3.05) is 0 Å². The van der Waals surface area contributed by atoms with Crippen molar-refractivity contribution in [2.45, 2.75) is 58.3 Å². The summed E-state index contributed by atoms with van der Waals surface area (Å²) >= 11 is 0. The molecule has 0 heterocycles. The third-order valence-electron chi connectivity index (χ3n) is 4.11. The molecule has 14 heavy (non-hydrogen) atoms. The van der Waals surface area contributed by atoms with Crippen molar-refractivity contribution in [3.63, 3.8) is 0 Å². The van der Waals surface area contributed by atoms with Crippen molar-refractivity contribution in [1.82, 2.24) is 0 Å². The van der Waals surface area contributed by atoms with E-state index in [0.717, 1.165) is 18.3 Å². The second kappa shape index (κ2) is 3.93. The second-order valence-electron chi connectivity index (χ2n) is 5.59. The van der Waals surface area contributed by atoms with Crippen molar-refractivity contribution in [3.05, 3.63) is 0 Å². The van der Waals surface area contributed by atoms with Crippen LogP contribution in [0.3, 0.4) is 0 Å². The van der Waals surface area contributed by atoms with Gasteiger partial charge in [0.1, 0.15) is 0 Å². The largest absolute Gasteiger partial charge is 0.198 e. The number of hydrogen-bond acceptors (Lipinski definition) is 1. The Labute approximate surface area is 87.5 Å². The lowest BCUT2D eigenvalue weighted by atomic mass is 9.80. The summed E-state index contributed by atoms with van der Waals surface area (Å²) < 4.78 is 0. The van der Waals surface area contributed by atoms with Gasteiger partial charge in [0.2, 0.25) is 0 Å². The van der Waals surface area contributed by atoms with E-state index in [9.17, 15) is 5.26 Å². The lowest BCUT2D eigenvalue weighted by Crippen LogP contribution is -2.15. The molecule has 0 spiro atoms. The van der Waals surface area contributed by atoms with E-state index >= 15 is 0 Å². The van der Waals surface area contributed by atoms with Crippen molar-refractivity contribution < 1.29 is 0 Å². The minimum absolute atomic E-state index is 0.00322. The van der Waals surface area contributed by atoms with Gasteiger partial charge in [-0.25, -0.2) is 0 Å². The molecule has 2 saturated carbocycles. The molecule has 0 aliphatic heterocycles. The highest BCUT2D eigenvalue weighted by molar-refractivity contribution is 5.01. The van der Waals surface area contributed by atoms with Crippen LogP contribution in [0.15, 0.2) is 0 Å². The molecule has 0 amide bonds. The molecule has 2 aliphatic rings. The first kappa shape index (κ1) is 10.0. The van der Waals surface area contributed by atoms with E-state index in [1.54, 1.807) is 0 Å². The molecule has 1 heteroatoms. The standard InChI is InChI=1S/C13H21N/c1-13(10-14)7-5-3-2-4-6-11-8-12(11)9-13/h11-12H,2-9H2,1H3. The van der Waals surface area contributed by atoms with Crippen LogP contribution in [0.5, 0.6) is 0 Å². The maximum Gasteiger partial charge on any atom is 0.0686 e. The summed E-state index contributed by atoms with van der Waals surface area (Å²) in [6.45, 7) is 2.17. The predicted octanol–water partition coefficient (Wildman–Crippen LogP) is 3.90. The molecule has 3 atom stereocenters. The van der Waals surface area contributed by atoms with Gasteiger partial charge in [0.15, 0.2) is 0 Å². The van der Waals surface area contributed by atoms with Crippen molar-refractivity contribution in [2.24, 2.45) is 17.3 Å². The van der Waals surface area contributed by atoms with Crippen LogP contribution in [0.1, 0.15) is 58.3 Å². The lowest BCUT2D eigenvalue weighted by molar-refractivity contribution is 0.317.